The molecule has 1 aromatic carbocycles. The molecule has 1 heterocycles. The molecule has 1 atom stereocenters. The lowest BCUT2D eigenvalue weighted by molar-refractivity contribution is 0.610. The lowest BCUT2D eigenvalue weighted by Gasteiger charge is -2.19. The van der Waals surface area contributed by atoms with E-state index < -0.39 is 0 Å². The second kappa shape index (κ2) is 4.34. The molecular weight excluding hydrogens is 218 g/mol. The number of rotatable bonds is 2. The van der Waals surface area contributed by atoms with Crippen LogP contribution in [0.2, 0.25) is 5.02 Å². The Bertz CT molecular complexity index is 480. The Morgan fingerprint density at radius 3 is 2.12 bits per heavy atom. The van der Waals surface area contributed by atoms with Gasteiger partial charge in [-0.25, -0.2) is 0 Å². The Kier molecular flexibility index (Phi) is 3.06. The summed E-state index contributed by atoms with van der Waals surface area (Å²) in [7, 11) is 0. The lowest BCUT2D eigenvalue weighted by atomic mass is 10.1. The van der Waals surface area contributed by atoms with Gasteiger partial charge in [-0.2, -0.15) is 0 Å². The van der Waals surface area contributed by atoms with Crippen LogP contribution < -0.4 is 0 Å². The van der Waals surface area contributed by atoms with Gasteiger partial charge >= 0.3 is 0 Å². The van der Waals surface area contributed by atoms with Gasteiger partial charge in [0.2, 0.25) is 0 Å². The summed E-state index contributed by atoms with van der Waals surface area (Å²) in [6, 6.07) is 12.6. The van der Waals surface area contributed by atoms with E-state index in [0.717, 1.165) is 5.02 Å². The number of hydrogen-bond donors (Lipinski definition) is 0. The number of nitrogens with zero attached hydrogens (tertiary/aromatic N) is 1. The average Bonchev–Trinajstić information content (AvgIpc) is 2.58. The molecule has 0 spiro atoms. The SMILES string of the molecule is Cc1ccc(C)n1C(C)c1ccccc1Cl. The normalized spacial score (nSPS) is 12.8. The zero-order valence-corrected chi connectivity index (χ0v) is 10.6. The summed E-state index contributed by atoms with van der Waals surface area (Å²) in [6.45, 7) is 6.43. The number of aromatic nitrogens is 1. The molecule has 0 radical (unpaired) electrons. The van der Waals surface area contributed by atoms with Crippen molar-refractivity contribution in [2.75, 3.05) is 0 Å². The van der Waals surface area contributed by atoms with Gasteiger partial charge in [0.15, 0.2) is 0 Å². The third kappa shape index (κ3) is 1.88. The molecule has 0 N–H and O–H groups in total. The Morgan fingerprint density at radius 2 is 1.56 bits per heavy atom. The Labute approximate surface area is 102 Å². The summed E-state index contributed by atoms with van der Waals surface area (Å²) in [4.78, 5) is 0. The van der Waals surface area contributed by atoms with Crippen LogP contribution in [0.1, 0.15) is 29.9 Å². The van der Waals surface area contributed by atoms with Crippen molar-refractivity contribution in [3.05, 3.63) is 58.4 Å². The molecule has 2 rings (SSSR count). The minimum absolute atomic E-state index is 0.281. The highest BCUT2D eigenvalue weighted by molar-refractivity contribution is 6.31. The molecule has 0 aliphatic rings. The van der Waals surface area contributed by atoms with Gasteiger partial charge in [-0.3, -0.25) is 0 Å². The smallest absolute Gasteiger partial charge is 0.0571 e. The number of hydrogen-bond acceptors (Lipinski definition) is 0. The van der Waals surface area contributed by atoms with Crippen LogP contribution in [0.3, 0.4) is 0 Å². The van der Waals surface area contributed by atoms with E-state index in [1.807, 2.05) is 18.2 Å². The minimum Gasteiger partial charge on any atom is -0.342 e. The van der Waals surface area contributed by atoms with E-state index in [9.17, 15) is 0 Å². The van der Waals surface area contributed by atoms with E-state index in [1.165, 1.54) is 17.0 Å². The highest BCUT2D eigenvalue weighted by atomic mass is 35.5. The van der Waals surface area contributed by atoms with Gasteiger partial charge < -0.3 is 4.57 Å². The van der Waals surface area contributed by atoms with Gasteiger partial charge in [0.1, 0.15) is 0 Å². The first-order valence-corrected chi connectivity index (χ1v) is 5.88. The highest BCUT2D eigenvalue weighted by Gasteiger charge is 2.13. The van der Waals surface area contributed by atoms with Crippen LogP contribution in [-0.2, 0) is 0 Å². The molecule has 84 valence electrons. The third-order valence-corrected chi connectivity index (χ3v) is 3.41. The Balaban J connectivity index is 2.47. The molecule has 1 aromatic heterocycles. The predicted molar refractivity (Wildman–Crippen MR) is 69.2 cm³/mol. The van der Waals surface area contributed by atoms with Gasteiger partial charge in [-0.1, -0.05) is 29.8 Å². The lowest BCUT2D eigenvalue weighted by Crippen LogP contribution is -2.10. The molecule has 0 aliphatic carbocycles. The monoisotopic (exact) mass is 233 g/mol. The Morgan fingerprint density at radius 1 is 1.00 bits per heavy atom. The molecule has 0 bridgehead atoms. The first-order valence-electron chi connectivity index (χ1n) is 5.50. The van der Waals surface area contributed by atoms with Crippen LogP contribution >= 0.6 is 11.6 Å². The quantitative estimate of drug-likeness (QED) is 0.726. The third-order valence-electron chi connectivity index (χ3n) is 3.07. The van der Waals surface area contributed by atoms with Crippen molar-refractivity contribution in [3.63, 3.8) is 0 Å². The summed E-state index contributed by atoms with van der Waals surface area (Å²) in [6.07, 6.45) is 0. The van der Waals surface area contributed by atoms with E-state index in [4.69, 9.17) is 11.6 Å². The zero-order chi connectivity index (χ0) is 11.7. The van der Waals surface area contributed by atoms with Crippen molar-refractivity contribution in [3.8, 4) is 0 Å². The summed E-state index contributed by atoms with van der Waals surface area (Å²) in [5.74, 6) is 0. The fraction of sp³-hybridized carbons (Fsp3) is 0.286. The van der Waals surface area contributed by atoms with Gasteiger partial charge in [0, 0.05) is 16.4 Å². The van der Waals surface area contributed by atoms with E-state index in [2.05, 4.69) is 43.5 Å². The molecule has 16 heavy (non-hydrogen) atoms. The van der Waals surface area contributed by atoms with Crippen LogP contribution in [0.25, 0.3) is 0 Å². The van der Waals surface area contributed by atoms with E-state index in [1.54, 1.807) is 0 Å². The van der Waals surface area contributed by atoms with Gasteiger partial charge in [0.25, 0.3) is 0 Å². The maximum absolute atomic E-state index is 6.23. The summed E-state index contributed by atoms with van der Waals surface area (Å²) in [5.41, 5.74) is 3.71. The second-order valence-corrected chi connectivity index (χ2v) is 4.59. The van der Waals surface area contributed by atoms with Crippen LogP contribution in [0.4, 0.5) is 0 Å². The molecule has 0 saturated carbocycles. The van der Waals surface area contributed by atoms with Crippen molar-refractivity contribution in [2.45, 2.75) is 26.8 Å². The topological polar surface area (TPSA) is 4.93 Å². The maximum atomic E-state index is 6.23. The molecule has 2 heteroatoms. The van der Waals surface area contributed by atoms with Crippen molar-refractivity contribution in [2.24, 2.45) is 0 Å². The summed E-state index contributed by atoms with van der Waals surface area (Å²) < 4.78 is 2.31. The highest BCUT2D eigenvalue weighted by Crippen LogP contribution is 2.28. The van der Waals surface area contributed by atoms with Crippen LogP contribution in [0.15, 0.2) is 36.4 Å². The standard InChI is InChI=1S/C14H16ClN/c1-10-8-9-11(2)16(10)12(3)13-6-4-5-7-14(13)15/h4-9,12H,1-3H3. The van der Waals surface area contributed by atoms with Gasteiger partial charge in [-0.05, 0) is 44.5 Å². The zero-order valence-electron chi connectivity index (χ0n) is 9.87. The van der Waals surface area contributed by atoms with Crippen LogP contribution in [-0.4, -0.2) is 4.57 Å². The minimum atomic E-state index is 0.281. The van der Waals surface area contributed by atoms with Gasteiger partial charge in [-0.15, -0.1) is 0 Å². The molecule has 1 nitrogen and oxygen atoms in total. The number of aryl methyl sites for hydroxylation is 2. The van der Waals surface area contributed by atoms with Crippen LogP contribution in [0.5, 0.6) is 0 Å². The molecular formula is C14H16ClN. The van der Waals surface area contributed by atoms with E-state index >= 15 is 0 Å². The molecule has 2 aromatic rings. The first kappa shape index (κ1) is 11.3. The maximum Gasteiger partial charge on any atom is 0.0571 e. The predicted octanol–water partition coefficient (Wildman–Crippen LogP) is 4.37. The number of benzene rings is 1. The number of halogens is 1. The summed E-state index contributed by atoms with van der Waals surface area (Å²) in [5, 5.41) is 0.836. The molecule has 0 aliphatic heterocycles. The van der Waals surface area contributed by atoms with Crippen molar-refractivity contribution < 1.29 is 0 Å². The van der Waals surface area contributed by atoms with Crippen molar-refractivity contribution in [1.82, 2.24) is 4.57 Å². The second-order valence-electron chi connectivity index (χ2n) is 4.18. The van der Waals surface area contributed by atoms with E-state index in [-0.39, 0.29) is 6.04 Å². The molecule has 0 amide bonds. The van der Waals surface area contributed by atoms with E-state index in [0.29, 0.717) is 0 Å². The van der Waals surface area contributed by atoms with Gasteiger partial charge in [0.05, 0.1) is 6.04 Å². The summed E-state index contributed by atoms with van der Waals surface area (Å²) >= 11 is 6.23. The molecule has 0 fully saturated rings. The van der Waals surface area contributed by atoms with Crippen molar-refractivity contribution >= 4 is 11.6 Å². The molecule has 0 saturated heterocycles. The Hall–Kier alpha value is -1.21. The average molecular weight is 234 g/mol. The van der Waals surface area contributed by atoms with Crippen LogP contribution in [0, 0.1) is 13.8 Å². The first-order chi connectivity index (χ1) is 7.61. The fourth-order valence-corrected chi connectivity index (χ4v) is 2.54. The largest absolute Gasteiger partial charge is 0.342 e. The van der Waals surface area contributed by atoms with Crippen molar-refractivity contribution in [1.29, 1.82) is 0 Å². The fourth-order valence-electron chi connectivity index (χ4n) is 2.24. The molecule has 1 unspecified atom stereocenters.